The molecule has 1 unspecified atom stereocenters. The van der Waals surface area contributed by atoms with Crippen molar-refractivity contribution < 1.29 is 14.3 Å². The molecule has 1 saturated heterocycles. The van der Waals surface area contributed by atoms with Gasteiger partial charge in [-0.05, 0) is 31.2 Å². The van der Waals surface area contributed by atoms with E-state index in [1.54, 1.807) is 29.0 Å². The molecular weight excluding hydrogens is 370 g/mol. The zero-order chi connectivity index (χ0) is 20.8. The molecule has 2 amide bonds. The van der Waals surface area contributed by atoms with E-state index in [-0.39, 0.29) is 11.8 Å². The monoisotopic (exact) mass is 399 g/mol. The third kappa shape index (κ3) is 5.02. The average molecular weight is 399 g/mol. The lowest BCUT2D eigenvalue weighted by molar-refractivity contribution is -0.127. The summed E-state index contributed by atoms with van der Waals surface area (Å²) in [4.78, 5) is 29.4. The van der Waals surface area contributed by atoms with Gasteiger partial charge in [0.1, 0.15) is 11.7 Å². The molecule has 8 nitrogen and oxygen atoms in total. The van der Waals surface area contributed by atoms with Gasteiger partial charge in [0, 0.05) is 46.0 Å². The van der Waals surface area contributed by atoms with Gasteiger partial charge in [-0.3, -0.25) is 19.2 Å². The molecule has 3 rings (SSSR count). The molecule has 1 atom stereocenters. The van der Waals surface area contributed by atoms with Crippen molar-refractivity contribution in [3.63, 3.8) is 0 Å². The minimum atomic E-state index is -0.393. The minimum absolute atomic E-state index is 0.0868. The highest BCUT2D eigenvalue weighted by Crippen LogP contribution is 2.13. The fraction of sp³-hybridized carbons (Fsp3) is 0.476. The van der Waals surface area contributed by atoms with Gasteiger partial charge >= 0.3 is 0 Å². The number of nitrogens with zero attached hydrogens (tertiary/aromatic N) is 4. The number of hydrogen-bond acceptors (Lipinski definition) is 5. The first kappa shape index (κ1) is 21.0. The summed E-state index contributed by atoms with van der Waals surface area (Å²) in [5.41, 5.74) is 2.50. The Morgan fingerprint density at radius 1 is 1.21 bits per heavy atom. The van der Waals surface area contributed by atoms with E-state index in [0.29, 0.717) is 45.0 Å². The number of methoxy groups -OCH3 is 1. The van der Waals surface area contributed by atoms with Crippen LogP contribution in [-0.2, 0) is 29.2 Å². The molecule has 1 aliphatic heterocycles. The molecule has 2 aromatic rings. The van der Waals surface area contributed by atoms with Crippen molar-refractivity contribution in [3.8, 4) is 0 Å². The molecular formula is C21H29N5O3. The van der Waals surface area contributed by atoms with Crippen molar-refractivity contribution in [2.45, 2.75) is 32.7 Å². The van der Waals surface area contributed by atoms with Crippen molar-refractivity contribution >= 4 is 11.8 Å². The number of likely N-dealkylation sites (N-methyl/N-ethyl adjacent to an activating group) is 1. The number of ether oxygens (including phenoxy) is 1. The summed E-state index contributed by atoms with van der Waals surface area (Å²) in [6, 6.07) is 9.22. The normalized spacial score (nSPS) is 17.3. The zero-order valence-electron chi connectivity index (χ0n) is 17.3. The maximum absolute atomic E-state index is 12.9. The minimum Gasteiger partial charge on any atom is -0.380 e. The maximum Gasteiger partial charge on any atom is 0.274 e. The van der Waals surface area contributed by atoms with Crippen LogP contribution in [0.5, 0.6) is 0 Å². The smallest absolute Gasteiger partial charge is 0.274 e. The Kier molecular flexibility index (Phi) is 7.00. The standard InChI is InChI=1S/C21H29N5O3/c1-4-26-10-9-18(23-26)21(28)25-12-11-24(2)19(14-25)20(27)22-13-16-7-5-6-8-17(16)15-29-3/h5-10,19H,4,11-15H2,1-3H3,(H,22,27). The third-order valence-electron chi connectivity index (χ3n) is 5.29. The van der Waals surface area contributed by atoms with Gasteiger partial charge in [-0.1, -0.05) is 24.3 Å². The van der Waals surface area contributed by atoms with Gasteiger partial charge in [0.2, 0.25) is 5.91 Å². The second-order valence-corrected chi connectivity index (χ2v) is 7.22. The highest BCUT2D eigenvalue weighted by molar-refractivity contribution is 5.93. The Labute approximate surface area is 171 Å². The third-order valence-corrected chi connectivity index (χ3v) is 5.29. The molecule has 0 bridgehead atoms. The van der Waals surface area contributed by atoms with Gasteiger partial charge in [0.15, 0.2) is 0 Å². The number of carbonyl (C=O) groups excluding carboxylic acids is 2. The van der Waals surface area contributed by atoms with E-state index in [9.17, 15) is 9.59 Å². The van der Waals surface area contributed by atoms with Gasteiger partial charge in [-0.25, -0.2) is 0 Å². The van der Waals surface area contributed by atoms with Gasteiger partial charge in [0.05, 0.1) is 6.61 Å². The van der Waals surface area contributed by atoms with E-state index >= 15 is 0 Å². The molecule has 1 N–H and O–H groups in total. The fourth-order valence-corrected chi connectivity index (χ4v) is 3.48. The molecule has 0 aliphatic carbocycles. The van der Waals surface area contributed by atoms with E-state index in [4.69, 9.17) is 4.74 Å². The van der Waals surface area contributed by atoms with Crippen LogP contribution in [-0.4, -0.2) is 71.2 Å². The predicted octanol–water partition coefficient (Wildman–Crippen LogP) is 1.12. The lowest BCUT2D eigenvalue weighted by Gasteiger charge is -2.38. The molecule has 1 aliphatic rings. The molecule has 1 fully saturated rings. The first-order chi connectivity index (χ1) is 14.0. The van der Waals surface area contributed by atoms with Crippen LogP contribution in [0.2, 0.25) is 0 Å². The van der Waals surface area contributed by atoms with Crippen molar-refractivity contribution in [1.29, 1.82) is 0 Å². The van der Waals surface area contributed by atoms with E-state index in [0.717, 1.165) is 11.1 Å². The Morgan fingerprint density at radius 2 is 1.97 bits per heavy atom. The SMILES string of the molecule is CCn1ccc(C(=O)N2CCN(C)C(C(=O)NCc3ccccc3COC)C2)n1. The van der Waals surface area contributed by atoms with Gasteiger partial charge in [-0.15, -0.1) is 0 Å². The van der Waals surface area contributed by atoms with Crippen LogP contribution < -0.4 is 5.32 Å². The number of nitrogens with one attached hydrogen (secondary N) is 1. The fourth-order valence-electron chi connectivity index (χ4n) is 3.48. The average Bonchev–Trinajstić information content (AvgIpc) is 3.22. The summed E-state index contributed by atoms with van der Waals surface area (Å²) in [7, 11) is 3.57. The summed E-state index contributed by atoms with van der Waals surface area (Å²) in [5.74, 6) is -0.218. The number of piperazine rings is 1. The second kappa shape index (κ2) is 9.67. The van der Waals surface area contributed by atoms with E-state index in [1.807, 2.05) is 43.1 Å². The van der Waals surface area contributed by atoms with Gasteiger partial charge < -0.3 is 15.0 Å². The van der Waals surface area contributed by atoms with Crippen molar-refractivity contribution in [2.75, 3.05) is 33.8 Å². The maximum atomic E-state index is 12.9. The first-order valence-corrected chi connectivity index (χ1v) is 9.89. The van der Waals surface area contributed by atoms with E-state index in [1.165, 1.54) is 0 Å². The Morgan fingerprint density at radius 3 is 2.66 bits per heavy atom. The van der Waals surface area contributed by atoms with Crippen LogP contribution in [0.15, 0.2) is 36.5 Å². The number of aromatic nitrogens is 2. The van der Waals surface area contributed by atoms with Crippen LogP contribution in [0.3, 0.4) is 0 Å². The molecule has 8 heteroatoms. The topological polar surface area (TPSA) is 79.7 Å². The quantitative estimate of drug-likeness (QED) is 0.755. The highest BCUT2D eigenvalue weighted by Gasteiger charge is 2.33. The summed E-state index contributed by atoms with van der Waals surface area (Å²) in [6.45, 7) is 5.18. The predicted molar refractivity (Wildman–Crippen MR) is 109 cm³/mol. The van der Waals surface area contributed by atoms with Crippen molar-refractivity contribution in [1.82, 2.24) is 24.9 Å². The largest absolute Gasteiger partial charge is 0.380 e. The molecule has 156 valence electrons. The van der Waals surface area contributed by atoms with E-state index in [2.05, 4.69) is 10.4 Å². The Hall–Kier alpha value is -2.71. The number of aryl methyl sites for hydroxylation is 1. The van der Waals surface area contributed by atoms with Crippen LogP contribution >= 0.6 is 0 Å². The molecule has 0 radical (unpaired) electrons. The molecule has 0 spiro atoms. The van der Waals surface area contributed by atoms with Crippen LogP contribution in [0.25, 0.3) is 0 Å². The summed E-state index contributed by atoms with van der Waals surface area (Å²) in [5, 5.41) is 7.31. The number of carbonyl (C=O) groups is 2. The Bertz CT molecular complexity index is 850. The first-order valence-electron chi connectivity index (χ1n) is 9.89. The number of rotatable bonds is 7. The lowest BCUT2D eigenvalue weighted by Crippen LogP contribution is -2.58. The van der Waals surface area contributed by atoms with Crippen molar-refractivity contribution in [3.05, 3.63) is 53.3 Å². The van der Waals surface area contributed by atoms with Crippen LogP contribution in [0, 0.1) is 0 Å². The lowest BCUT2D eigenvalue weighted by atomic mass is 10.1. The van der Waals surface area contributed by atoms with E-state index < -0.39 is 6.04 Å². The van der Waals surface area contributed by atoms with Gasteiger partial charge in [-0.2, -0.15) is 5.10 Å². The van der Waals surface area contributed by atoms with Gasteiger partial charge in [0.25, 0.3) is 5.91 Å². The highest BCUT2D eigenvalue weighted by atomic mass is 16.5. The van der Waals surface area contributed by atoms with Crippen LogP contribution in [0.4, 0.5) is 0 Å². The molecule has 2 heterocycles. The van der Waals surface area contributed by atoms with Crippen molar-refractivity contribution in [2.24, 2.45) is 0 Å². The number of hydrogen-bond donors (Lipinski definition) is 1. The molecule has 1 aromatic carbocycles. The Balaban J connectivity index is 1.63. The number of benzene rings is 1. The molecule has 0 saturated carbocycles. The molecule has 29 heavy (non-hydrogen) atoms. The zero-order valence-corrected chi connectivity index (χ0v) is 17.3. The number of amides is 2. The summed E-state index contributed by atoms with van der Waals surface area (Å²) >= 11 is 0. The second-order valence-electron chi connectivity index (χ2n) is 7.22. The molecule has 1 aromatic heterocycles. The summed E-state index contributed by atoms with van der Waals surface area (Å²) in [6.07, 6.45) is 1.80. The van der Waals surface area contributed by atoms with Crippen LogP contribution in [0.1, 0.15) is 28.5 Å². The summed E-state index contributed by atoms with van der Waals surface area (Å²) < 4.78 is 6.96.